The third-order valence-electron chi connectivity index (χ3n) is 2.48. The molecule has 0 aliphatic heterocycles. The molecule has 0 spiro atoms. The number of methoxy groups -OCH3 is 1. The van der Waals surface area contributed by atoms with Gasteiger partial charge in [0.1, 0.15) is 0 Å². The summed E-state index contributed by atoms with van der Waals surface area (Å²) in [6.45, 7) is 2.16. The van der Waals surface area contributed by atoms with Crippen molar-refractivity contribution in [1.82, 2.24) is 10.6 Å². The van der Waals surface area contributed by atoms with Crippen LogP contribution < -0.4 is 10.6 Å². The van der Waals surface area contributed by atoms with Crippen molar-refractivity contribution in [2.75, 3.05) is 33.5 Å². The topological polar surface area (TPSA) is 114 Å². The van der Waals surface area contributed by atoms with Crippen LogP contribution in [0.2, 0.25) is 0 Å². The Kier molecular flexibility index (Phi) is 12.3. The number of rotatable bonds is 12. The third kappa shape index (κ3) is 14.5. The molecule has 0 aromatic carbocycles. The number of urea groups is 1. The second kappa shape index (κ2) is 13.3. The van der Waals surface area contributed by atoms with Gasteiger partial charge < -0.3 is 19.9 Å². The number of carboxylic acids is 1. The molecule has 0 aliphatic rings. The summed E-state index contributed by atoms with van der Waals surface area (Å²) < 4.78 is 10.1. The highest BCUT2D eigenvalue weighted by Crippen LogP contribution is 1.95. The Balaban J connectivity index is 3.41. The lowest BCUT2D eigenvalue weighted by molar-refractivity contribution is -0.137. The molecule has 8 heteroatoms. The molecule has 8 nitrogen and oxygen atoms in total. The fraction of sp³-hybridized carbons (Fsp3) is 0.769. The van der Waals surface area contributed by atoms with Crippen LogP contribution in [0.1, 0.15) is 32.1 Å². The van der Waals surface area contributed by atoms with Gasteiger partial charge in [-0.15, -0.1) is 0 Å². The summed E-state index contributed by atoms with van der Waals surface area (Å²) in [5, 5.41) is 13.1. The SMILES string of the molecule is COCCOCCCCNC(=O)NC(=O)CCCC(=O)O. The molecule has 0 saturated heterocycles. The molecule has 3 N–H and O–H groups in total. The van der Waals surface area contributed by atoms with Crippen LogP contribution in [0.15, 0.2) is 0 Å². The van der Waals surface area contributed by atoms with E-state index in [2.05, 4.69) is 10.6 Å². The lowest BCUT2D eigenvalue weighted by atomic mass is 10.2. The molecule has 0 bridgehead atoms. The van der Waals surface area contributed by atoms with Crippen LogP contribution >= 0.6 is 0 Å². The van der Waals surface area contributed by atoms with Gasteiger partial charge in [0.05, 0.1) is 13.2 Å². The molecule has 122 valence electrons. The van der Waals surface area contributed by atoms with Gasteiger partial charge in [0.15, 0.2) is 0 Å². The number of unbranched alkanes of at least 4 members (excludes halogenated alkanes) is 1. The van der Waals surface area contributed by atoms with Gasteiger partial charge in [0.2, 0.25) is 5.91 Å². The monoisotopic (exact) mass is 304 g/mol. The first kappa shape index (κ1) is 19.3. The number of imide groups is 1. The third-order valence-corrected chi connectivity index (χ3v) is 2.48. The minimum absolute atomic E-state index is 0.0209. The normalized spacial score (nSPS) is 10.1. The molecular weight excluding hydrogens is 280 g/mol. The van der Waals surface area contributed by atoms with Gasteiger partial charge in [0.25, 0.3) is 0 Å². The molecule has 0 fully saturated rings. The highest BCUT2D eigenvalue weighted by atomic mass is 16.5. The van der Waals surface area contributed by atoms with Gasteiger partial charge in [-0.2, -0.15) is 0 Å². The fourth-order valence-electron chi connectivity index (χ4n) is 1.41. The summed E-state index contributed by atoms with van der Waals surface area (Å²) in [6.07, 6.45) is 1.70. The summed E-state index contributed by atoms with van der Waals surface area (Å²) in [7, 11) is 1.61. The highest BCUT2D eigenvalue weighted by Gasteiger charge is 2.07. The summed E-state index contributed by atoms with van der Waals surface area (Å²) >= 11 is 0. The van der Waals surface area contributed by atoms with Gasteiger partial charge in [-0.25, -0.2) is 4.79 Å². The molecule has 0 aliphatic carbocycles. The van der Waals surface area contributed by atoms with Crippen LogP contribution in [0, 0.1) is 0 Å². The van der Waals surface area contributed by atoms with Gasteiger partial charge in [0, 0.05) is 33.1 Å². The van der Waals surface area contributed by atoms with E-state index in [0.29, 0.717) is 26.4 Å². The summed E-state index contributed by atoms with van der Waals surface area (Å²) in [6, 6.07) is -0.560. The zero-order valence-electron chi connectivity index (χ0n) is 12.4. The molecule has 0 atom stereocenters. The van der Waals surface area contributed by atoms with E-state index in [-0.39, 0.29) is 19.3 Å². The molecule has 0 unspecified atom stereocenters. The number of amides is 3. The maximum Gasteiger partial charge on any atom is 0.321 e. The standard InChI is InChI=1S/C13H24N2O6/c1-20-9-10-21-8-3-2-7-14-13(19)15-11(16)5-4-6-12(17)18/h2-10H2,1H3,(H,17,18)(H2,14,15,16,19). The number of ether oxygens (including phenoxy) is 2. The minimum Gasteiger partial charge on any atom is -0.481 e. The van der Waals surface area contributed by atoms with Crippen LogP contribution in [0.4, 0.5) is 4.79 Å². The quantitative estimate of drug-likeness (QED) is 0.453. The fourth-order valence-corrected chi connectivity index (χ4v) is 1.41. The highest BCUT2D eigenvalue weighted by molar-refractivity contribution is 5.94. The smallest absolute Gasteiger partial charge is 0.321 e. The first-order valence-corrected chi connectivity index (χ1v) is 6.92. The van der Waals surface area contributed by atoms with Gasteiger partial charge in [-0.1, -0.05) is 0 Å². The predicted molar refractivity (Wildman–Crippen MR) is 75.0 cm³/mol. The zero-order valence-corrected chi connectivity index (χ0v) is 12.4. The Morgan fingerprint density at radius 1 is 1.00 bits per heavy atom. The van der Waals surface area contributed by atoms with Crippen molar-refractivity contribution in [3.8, 4) is 0 Å². The second-order valence-corrected chi connectivity index (χ2v) is 4.36. The number of hydrogen-bond donors (Lipinski definition) is 3. The molecule has 0 heterocycles. The number of carbonyl (C=O) groups excluding carboxylic acids is 2. The predicted octanol–water partition coefficient (Wildman–Crippen LogP) is 0.510. The van der Waals surface area contributed by atoms with E-state index < -0.39 is 17.9 Å². The van der Waals surface area contributed by atoms with E-state index in [1.807, 2.05) is 0 Å². The van der Waals surface area contributed by atoms with E-state index in [1.165, 1.54) is 0 Å². The number of aliphatic carboxylic acids is 1. The van der Waals surface area contributed by atoms with Crippen molar-refractivity contribution in [2.24, 2.45) is 0 Å². The van der Waals surface area contributed by atoms with Gasteiger partial charge in [-0.3, -0.25) is 14.9 Å². The molecule has 3 amide bonds. The molecule has 0 aromatic heterocycles. The van der Waals surface area contributed by atoms with Crippen molar-refractivity contribution >= 4 is 17.9 Å². The zero-order chi connectivity index (χ0) is 15.9. The molecule has 0 rings (SSSR count). The lowest BCUT2D eigenvalue weighted by Crippen LogP contribution is -2.39. The molecular formula is C13H24N2O6. The maximum absolute atomic E-state index is 11.3. The number of carbonyl (C=O) groups is 3. The maximum atomic E-state index is 11.3. The summed E-state index contributed by atoms with van der Waals surface area (Å²) in [5.74, 6) is -1.43. The van der Waals surface area contributed by atoms with Crippen LogP contribution in [0.5, 0.6) is 0 Å². The van der Waals surface area contributed by atoms with E-state index in [1.54, 1.807) is 7.11 Å². The molecule has 0 radical (unpaired) electrons. The van der Waals surface area contributed by atoms with Crippen LogP contribution in [0.3, 0.4) is 0 Å². The summed E-state index contributed by atoms with van der Waals surface area (Å²) in [5.41, 5.74) is 0. The second-order valence-electron chi connectivity index (χ2n) is 4.36. The van der Waals surface area contributed by atoms with Crippen molar-refractivity contribution in [3.05, 3.63) is 0 Å². The average Bonchev–Trinajstić information content (AvgIpc) is 2.41. The number of nitrogens with one attached hydrogen (secondary N) is 2. The van der Waals surface area contributed by atoms with Crippen molar-refractivity contribution in [1.29, 1.82) is 0 Å². The van der Waals surface area contributed by atoms with Gasteiger partial charge in [-0.05, 0) is 19.3 Å². The summed E-state index contributed by atoms with van der Waals surface area (Å²) in [4.78, 5) is 32.9. The Morgan fingerprint density at radius 2 is 1.76 bits per heavy atom. The molecule has 0 aromatic rings. The number of hydrogen-bond acceptors (Lipinski definition) is 5. The van der Waals surface area contributed by atoms with Crippen LogP contribution in [-0.2, 0) is 19.1 Å². The number of carboxylic acid groups (broad SMARTS) is 1. The molecule has 0 saturated carbocycles. The first-order chi connectivity index (χ1) is 10.1. The van der Waals surface area contributed by atoms with Crippen LogP contribution in [-0.4, -0.2) is 56.5 Å². The molecule has 21 heavy (non-hydrogen) atoms. The Bertz CT molecular complexity index is 322. The lowest BCUT2D eigenvalue weighted by Gasteiger charge is -2.07. The van der Waals surface area contributed by atoms with Crippen molar-refractivity contribution < 1.29 is 29.0 Å². The van der Waals surface area contributed by atoms with E-state index in [9.17, 15) is 14.4 Å². The van der Waals surface area contributed by atoms with Crippen molar-refractivity contribution in [3.63, 3.8) is 0 Å². The van der Waals surface area contributed by atoms with Crippen molar-refractivity contribution in [2.45, 2.75) is 32.1 Å². The Hall–Kier alpha value is -1.67. The average molecular weight is 304 g/mol. The Labute approximate surface area is 124 Å². The Morgan fingerprint density at radius 3 is 2.43 bits per heavy atom. The van der Waals surface area contributed by atoms with E-state index in [4.69, 9.17) is 14.6 Å². The first-order valence-electron chi connectivity index (χ1n) is 6.92. The van der Waals surface area contributed by atoms with Crippen LogP contribution in [0.25, 0.3) is 0 Å². The van der Waals surface area contributed by atoms with E-state index in [0.717, 1.165) is 12.8 Å². The van der Waals surface area contributed by atoms with E-state index >= 15 is 0 Å². The largest absolute Gasteiger partial charge is 0.481 e. The minimum atomic E-state index is -0.958. The van der Waals surface area contributed by atoms with Gasteiger partial charge >= 0.3 is 12.0 Å².